The van der Waals surface area contributed by atoms with E-state index in [0.717, 1.165) is 27.7 Å². The van der Waals surface area contributed by atoms with Gasteiger partial charge in [0.1, 0.15) is 35.2 Å². The average molecular weight is 580 g/mol. The van der Waals surface area contributed by atoms with Crippen LogP contribution in [0.4, 0.5) is 21.0 Å². The molecule has 0 bridgehead atoms. The summed E-state index contributed by atoms with van der Waals surface area (Å²) in [6.45, 7) is 1.05. The van der Waals surface area contributed by atoms with Crippen LogP contribution in [0, 0.1) is 0 Å². The Labute approximate surface area is 247 Å². The van der Waals surface area contributed by atoms with Crippen LogP contribution in [-0.4, -0.2) is 58.2 Å². The summed E-state index contributed by atoms with van der Waals surface area (Å²) in [7, 11) is 0. The van der Waals surface area contributed by atoms with Crippen molar-refractivity contribution in [1.29, 1.82) is 0 Å². The Bertz CT molecular complexity index is 1700. The highest BCUT2D eigenvalue weighted by Gasteiger charge is 2.24. The zero-order chi connectivity index (χ0) is 29.6. The lowest BCUT2D eigenvalue weighted by Gasteiger charge is -2.10. The van der Waals surface area contributed by atoms with Crippen molar-refractivity contribution >= 4 is 34.6 Å². The van der Waals surface area contributed by atoms with Crippen LogP contribution in [0.2, 0.25) is 0 Å². The molecule has 1 saturated heterocycles. The molecule has 3 N–H and O–H groups in total. The van der Waals surface area contributed by atoms with Crippen molar-refractivity contribution in [2.45, 2.75) is 18.9 Å². The quantitative estimate of drug-likeness (QED) is 0.186. The molecule has 11 heteroatoms. The molecule has 5 aromatic rings. The summed E-state index contributed by atoms with van der Waals surface area (Å²) in [5, 5.41) is 24.6. The fourth-order valence-electron chi connectivity index (χ4n) is 4.40. The number of phenolic OH excluding ortho intramolecular Hbond substituents is 1. The number of hydrogen-bond acceptors (Lipinski definition) is 8. The third-order valence-corrected chi connectivity index (χ3v) is 6.78. The summed E-state index contributed by atoms with van der Waals surface area (Å²) >= 11 is 0. The molecule has 0 saturated carbocycles. The standard InChI is InChI=1S/C32H29N5O6/c38-30-14-9-23(18-29(30)37-35-27-3-1-2-4-28(27)36-37)15-16-41-31(39)33-24-10-5-21(6-11-24)17-22-7-12-25(13-8-22)34-32(40)43-20-26-19-42-26/h1-14,18,26,38H,15-17,19-20H2,(H,33,39)(H,34,40). The first-order valence-corrected chi connectivity index (χ1v) is 13.8. The predicted octanol–water partition coefficient (Wildman–Crippen LogP) is 5.46. The number of nitrogens with one attached hydrogen (secondary N) is 2. The van der Waals surface area contributed by atoms with Crippen LogP contribution in [0.15, 0.2) is 91.0 Å². The predicted molar refractivity (Wildman–Crippen MR) is 160 cm³/mol. The molecule has 1 fully saturated rings. The lowest BCUT2D eigenvalue weighted by atomic mass is 10.0. The van der Waals surface area contributed by atoms with Gasteiger partial charge in [-0.2, -0.15) is 0 Å². The molecule has 0 radical (unpaired) electrons. The van der Waals surface area contributed by atoms with Crippen molar-refractivity contribution in [3.05, 3.63) is 108 Å². The molecule has 2 heterocycles. The molecule has 6 rings (SSSR count). The highest BCUT2D eigenvalue weighted by Crippen LogP contribution is 2.23. The molecule has 1 unspecified atom stereocenters. The largest absolute Gasteiger partial charge is 0.506 e. The third-order valence-electron chi connectivity index (χ3n) is 6.78. The molecule has 11 nitrogen and oxygen atoms in total. The maximum absolute atomic E-state index is 12.4. The lowest BCUT2D eigenvalue weighted by Crippen LogP contribution is -2.16. The van der Waals surface area contributed by atoms with Gasteiger partial charge in [0.2, 0.25) is 0 Å². The second kappa shape index (κ2) is 12.6. The molecule has 218 valence electrons. The van der Waals surface area contributed by atoms with Gasteiger partial charge in [0.15, 0.2) is 0 Å². The van der Waals surface area contributed by atoms with Crippen molar-refractivity contribution in [3.8, 4) is 11.4 Å². The molecule has 43 heavy (non-hydrogen) atoms. The minimum atomic E-state index is -0.557. The van der Waals surface area contributed by atoms with Crippen LogP contribution in [-0.2, 0) is 27.1 Å². The van der Waals surface area contributed by atoms with E-state index in [1.165, 1.54) is 4.80 Å². The minimum Gasteiger partial charge on any atom is -0.506 e. The topological polar surface area (TPSA) is 140 Å². The number of benzene rings is 4. The number of phenols is 1. The zero-order valence-electron chi connectivity index (χ0n) is 23.1. The van der Waals surface area contributed by atoms with Gasteiger partial charge in [-0.1, -0.05) is 42.5 Å². The molecule has 0 aliphatic carbocycles. The molecule has 0 spiro atoms. The first-order chi connectivity index (χ1) is 21.0. The van der Waals surface area contributed by atoms with Gasteiger partial charge >= 0.3 is 12.2 Å². The van der Waals surface area contributed by atoms with Crippen LogP contribution in [0.5, 0.6) is 5.75 Å². The lowest BCUT2D eigenvalue weighted by molar-refractivity contribution is 0.150. The van der Waals surface area contributed by atoms with Gasteiger partial charge < -0.3 is 19.3 Å². The maximum Gasteiger partial charge on any atom is 0.411 e. The van der Waals surface area contributed by atoms with Crippen LogP contribution < -0.4 is 10.6 Å². The normalized spacial score (nSPS) is 13.8. The second-order valence-electron chi connectivity index (χ2n) is 10.1. The van der Waals surface area contributed by atoms with E-state index in [0.29, 0.717) is 36.5 Å². The van der Waals surface area contributed by atoms with Gasteiger partial charge in [0.05, 0.1) is 13.2 Å². The van der Waals surface area contributed by atoms with Gasteiger partial charge in [-0.05, 0) is 71.6 Å². The van der Waals surface area contributed by atoms with Gasteiger partial charge in [-0.15, -0.1) is 15.0 Å². The van der Waals surface area contributed by atoms with Crippen molar-refractivity contribution in [2.24, 2.45) is 0 Å². The number of carbonyl (C=O) groups excluding carboxylic acids is 2. The molecule has 1 aliphatic heterocycles. The van der Waals surface area contributed by atoms with Gasteiger partial charge in [-0.3, -0.25) is 10.6 Å². The zero-order valence-corrected chi connectivity index (χ0v) is 23.1. The summed E-state index contributed by atoms with van der Waals surface area (Å²) in [4.78, 5) is 25.6. The number of ether oxygens (including phenoxy) is 3. The Hall–Kier alpha value is -5.42. The van der Waals surface area contributed by atoms with E-state index in [2.05, 4.69) is 20.8 Å². The number of aromatic nitrogens is 3. The SMILES string of the molecule is O=C(Nc1ccc(Cc2ccc(NC(=O)OCC3CO3)cc2)cc1)OCCc1ccc(O)c(-n2nc3ccccc3n2)c1. The fraction of sp³-hybridized carbons (Fsp3) is 0.188. The van der Waals surface area contributed by atoms with Gasteiger partial charge in [-0.25, -0.2) is 9.59 Å². The summed E-state index contributed by atoms with van der Waals surface area (Å²) in [5.74, 6) is 0.0532. The number of nitrogens with zero attached hydrogens (tertiary/aromatic N) is 3. The molecule has 2 amide bonds. The highest BCUT2D eigenvalue weighted by molar-refractivity contribution is 5.85. The van der Waals surface area contributed by atoms with Crippen molar-refractivity contribution < 1.29 is 28.9 Å². The molecule has 1 aromatic heterocycles. The number of hydrogen-bond donors (Lipinski definition) is 3. The fourth-order valence-corrected chi connectivity index (χ4v) is 4.40. The van der Waals surface area contributed by atoms with Gasteiger partial charge in [0.25, 0.3) is 0 Å². The minimum absolute atomic E-state index is 0.0276. The van der Waals surface area contributed by atoms with Crippen LogP contribution >= 0.6 is 0 Å². The summed E-state index contributed by atoms with van der Waals surface area (Å²) < 4.78 is 15.5. The van der Waals surface area contributed by atoms with E-state index in [1.807, 2.05) is 72.8 Å². The number of carbonyl (C=O) groups is 2. The number of aromatic hydroxyl groups is 1. The number of anilines is 2. The van der Waals surface area contributed by atoms with Crippen molar-refractivity contribution in [2.75, 3.05) is 30.5 Å². The Balaban J connectivity index is 0.955. The molecule has 4 aromatic carbocycles. The Morgan fingerprint density at radius 3 is 1.95 bits per heavy atom. The molecule has 1 aliphatic rings. The maximum atomic E-state index is 12.4. The first kappa shape index (κ1) is 27.7. The Morgan fingerprint density at radius 1 is 0.814 bits per heavy atom. The van der Waals surface area contributed by atoms with Crippen molar-refractivity contribution in [3.63, 3.8) is 0 Å². The summed E-state index contributed by atoms with van der Waals surface area (Å²) in [6, 6.07) is 27.6. The van der Waals surface area contributed by atoms with Crippen LogP contribution in [0.1, 0.15) is 16.7 Å². The molecule has 1 atom stereocenters. The molecular weight excluding hydrogens is 550 g/mol. The van der Waals surface area contributed by atoms with Crippen molar-refractivity contribution in [1.82, 2.24) is 15.0 Å². The van der Waals surface area contributed by atoms with E-state index in [4.69, 9.17) is 14.2 Å². The smallest absolute Gasteiger partial charge is 0.411 e. The average Bonchev–Trinajstić information content (AvgIpc) is 3.75. The second-order valence-corrected chi connectivity index (χ2v) is 10.1. The van der Waals surface area contributed by atoms with E-state index in [1.54, 1.807) is 18.2 Å². The van der Waals surface area contributed by atoms with Gasteiger partial charge in [0, 0.05) is 17.8 Å². The van der Waals surface area contributed by atoms with Crippen LogP contribution in [0.3, 0.4) is 0 Å². The van der Waals surface area contributed by atoms with E-state index in [9.17, 15) is 14.7 Å². The number of amides is 2. The molecular formula is C32H29N5O6. The summed E-state index contributed by atoms with van der Waals surface area (Å²) in [6.07, 6.45) is 0.104. The first-order valence-electron chi connectivity index (χ1n) is 13.8. The Kier molecular flexibility index (Phi) is 8.14. The van der Waals surface area contributed by atoms with E-state index in [-0.39, 0.29) is 25.1 Å². The number of epoxide rings is 1. The highest BCUT2D eigenvalue weighted by atomic mass is 16.6. The Morgan fingerprint density at radius 2 is 1.37 bits per heavy atom. The van der Waals surface area contributed by atoms with Crippen LogP contribution in [0.25, 0.3) is 16.7 Å². The van der Waals surface area contributed by atoms with E-state index < -0.39 is 12.2 Å². The summed E-state index contributed by atoms with van der Waals surface area (Å²) in [5.41, 5.74) is 6.16. The number of fused-ring (bicyclic) bond motifs is 1. The monoisotopic (exact) mass is 579 g/mol. The van der Waals surface area contributed by atoms with E-state index >= 15 is 0 Å². The third kappa shape index (κ3) is 7.46. The number of rotatable bonds is 10.